The maximum Gasteiger partial charge on any atom is 0.118 e. The van der Waals surface area contributed by atoms with Crippen molar-refractivity contribution in [1.82, 2.24) is 10.2 Å². The van der Waals surface area contributed by atoms with Gasteiger partial charge in [0.25, 0.3) is 0 Å². The zero-order valence-corrected chi connectivity index (χ0v) is 9.16. The fraction of sp³-hybridized carbons (Fsp3) is 0.750. The zero-order valence-electron chi connectivity index (χ0n) is 7.45. The Kier molecular flexibility index (Phi) is 4.01. The van der Waals surface area contributed by atoms with Crippen LogP contribution in [-0.2, 0) is 12.8 Å². The SMILES string of the molecule is CCc1nnc(CC(S)CC)s1. The van der Waals surface area contributed by atoms with Gasteiger partial charge >= 0.3 is 0 Å². The Morgan fingerprint density at radius 1 is 1.33 bits per heavy atom. The smallest absolute Gasteiger partial charge is 0.118 e. The molecule has 0 aromatic carbocycles. The fourth-order valence-corrected chi connectivity index (χ4v) is 2.02. The van der Waals surface area contributed by atoms with Crippen molar-refractivity contribution in [1.29, 1.82) is 0 Å². The molecule has 68 valence electrons. The third kappa shape index (κ3) is 2.75. The number of nitrogens with zero attached hydrogens (tertiary/aromatic N) is 2. The molecular formula is C8H14N2S2. The molecule has 4 heteroatoms. The van der Waals surface area contributed by atoms with E-state index in [1.54, 1.807) is 11.3 Å². The topological polar surface area (TPSA) is 25.8 Å². The maximum absolute atomic E-state index is 4.42. The van der Waals surface area contributed by atoms with Gasteiger partial charge in [0.1, 0.15) is 10.0 Å². The van der Waals surface area contributed by atoms with Crippen LogP contribution in [0.25, 0.3) is 0 Å². The van der Waals surface area contributed by atoms with Gasteiger partial charge in [-0.1, -0.05) is 13.8 Å². The predicted octanol–water partition coefficient (Wildman–Crippen LogP) is 2.35. The summed E-state index contributed by atoms with van der Waals surface area (Å²) in [5.74, 6) is 0. The van der Waals surface area contributed by atoms with Crippen molar-refractivity contribution in [3.05, 3.63) is 10.0 Å². The highest BCUT2D eigenvalue weighted by Crippen LogP contribution is 2.15. The second-order valence-corrected chi connectivity index (χ2v) is 4.59. The minimum Gasteiger partial charge on any atom is -0.176 e. The number of aryl methyl sites for hydroxylation is 1. The second kappa shape index (κ2) is 4.82. The van der Waals surface area contributed by atoms with E-state index in [4.69, 9.17) is 0 Å². The number of thiol groups is 1. The fourth-order valence-electron chi connectivity index (χ4n) is 0.860. The lowest BCUT2D eigenvalue weighted by atomic mass is 10.2. The molecule has 1 heterocycles. The van der Waals surface area contributed by atoms with Crippen molar-refractivity contribution in [3.8, 4) is 0 Å². The molecule has 1 aromatic rings. The van der Waals surface area contributed by atoms with E-state index in [2.05, 4.69) is 36.7 Å². The molecule has 0 aliphatic rings. The van der Waals surface area contributed by atoms with Gasteiger partial charge in [-0.05, 0) is 12.8 Å². The molecule has 0 saturated carbocycles. The van der Waals surface area contributed by atoms with Gasteiger partial charge in [-0.25, -0.2) is 0 Å². The van der Waals surface area contributed by atoms with E-state index in [0.29, 0.717) is 5.25 Å². The van der Waals surface area contributed by atoms with Crippen molar-refractivity contribution in [2.24, 2.45) is 0 Å². The summed E-state index contributed by atoms with van der Waals surface area (Å²) in [4.78, 5) is 0. The number of hydrogen-bond acceptors (Lipinski definition) is 4. The molecule has 0 amide bonds. The van der Waals surface area contributed by atoms with Crippen LogP contribution in [0.2, 0.25) is 0 Å². The number of rotatable bonds is 4. The first-order valence-electron chi connectivity index (χ1n) is 4.25. The third-order valence-corrected chi connectivity index (χ3v) is 3.33. The number of hydrogen-bond donors (Lipinski definition) is 1. The van der Waals surface area contributed by atoms with Crippen LogP contribution in [0, 0.1) is 0 Å². The highest BCUT2D eigenvalue weighted by Gasteiger charge is 2.06. The molecule has 0 bridgehead atoms. The first-order chi connectivity index (χ1) is 5.76. The Bertz CT molecular complexity index is 235. The van der Waals surface area contributed by atoms with E-state index in [1.165, 1.54) is 0 Å². The van der Waals surface area contributed by atoms with Crippen LogP contribution in [0.4, 0.5) is 0 Å². The molecule has 12 heavy (non-hydrogen) atoms. The molecule has 0 N–H and O–H groups in total. The summed E-state index contributed by atoms with van der Waals surface area (Å²) >= 11 is 6.12. The third-order valence-electron chi connectivity index (χ3n) is 1.69. The minimum atomic E-state index is 0.433. The van der Waals surface area contributed by atoms with Gasteiger partial charge in [-0.2, -0.15) is 12.6 Å². The average molecular weight is 202 g/mol. The maximum atomic E-state index is 4.42. The van der Waals surface area contributed by atoms with Gasteiger partial charge in [0, 0.05) is 11.7 Å². The van der Waals surface area contributed by atoms with Crippen molar-refractivity contribution in [3.63, 3.8) is 0 Å². The summed E-state index contributed by atoms with van der Waals surface area (Å²) < 4.78 is 0. The summed E-state index contributed by atoms with van der Waals surface area (Å²) in [7, 11) is 0. The first-order valence-corrected chi connectivity index (χ1v) is 5.58. The van der Waals surface area contributed by atoms with Crippen molar-refractivity contribution >= 4 is 24.0 Å². The van der Waals surface area contributed by atoms with Crippen LogP contribution < -0.4 is 0 Å². The molecule has 1 atom stereocenters. The Hall–Kier alpha value is -0.0900. The largest absolute Gasteiger partial charge is 0.176 e. The molecule has 1 aromatic heterocycles. The molecule has 1 rings (SSSR count). The van der Waals surface area contributed by atoms with E-state index in [-0.39, 0.29) is 0 Å². The van der Waals surface area contributed by atoms with Crippen LogP contribution in [0.1, 0.15) is 30.3 Å². The molecule has 0 saturated heterocycles. The molecule has 0 fully saturated rings. The van der Waals surface area contributed by atoms with Crippen LogP contribution in [0.5, 0.6) is 0 Å². The van der Waals surface area contributed by atoms with Gasteiger partial charge in [-0.3, -0.25) is 0 Å². The van der Waals surface area contributed by atoms with Crippen molar-refractivity contribution < 1.29 is 0 Å². The second-order valence-electron chi connectivity index (χ2n) is 2.71. The summed E-state index contributed by atoms with van der Waals surface area (Å²) in [6, 6.07) is 0. The highest BCUT2D eigenvalue weighted by atomic mass is 32.1. The molecule has 0 aliphatic carbocycles. The molecule has 0 radical (unpaired) electrons. The van der Waals surface area contributed by atoms with Crippen molar-refractivity contribution in [2.45, 2.75) is 38.4 Å². The number of aromatic nitrogens is 2. The van der Waals surface area contributed by atoms with Gasteiger partial charge < -0.3 is 0 Å². The lowest BCUT2D eigenvalue weighted by Crippen LogP contribution is -2.00. The van der Waals surface area contributed by atoms with Gasteiger partial charge in [0.15, 0.2) is 0 Å². The van der Waals surface area contributed by atoms with Crippen molar-refractivity contribution in [2.75, 3.05) is 0 Å². The van der Waals surface area contributed by atoms with E-state index in [9.17, 15) is 0 Å². The quantitative estimate of drug-likeness (QED) is 0.758. The Labute approximate surface area is 82.8 Å². The van der Waals surface area contributed by atoms with Crippen LogP contribution in [-0.4, -0.2) is 15.4 Å². The zero-order chi connectivity index (χ0) is 8.97. The summed E-state index contributed by atoms with van der Waals surface area (Å²) in [5.41, 5.74) is 0. The molecular weight excluding hydrogens is 188 g/mol. The Morgan fingerprint density at radius 3 is 2.50 bits per heavy atom. The van der Waals surface area contributed by atoms with Gasteiger partial charge in [0.2, 0.25) is 0 Å². The molecule has 0 spiro atoms. The van der Waals surface area contributed by atoms with E-state index >= 15 is 0 Å². The van der Waals surface area contributed by atoms with Gasteiger partial charge in [0.05, 0.1) is 0 Å². The molecule has 0 aliphatic heterocycles. The lowest BCUT2D eigenvalue weighted by Gasteiger charge is -2.01. The predicted molar refractivity (Wildman–Crippen MR) is 56.1 cm³/mol. The van der Waals surface area contributed by atoms with E-state index < -0.39 is 0 Å². The first kappa shape index (κ1) is 9.99. The summed E-state index contributed by atoms with van der Waals surface area (Å²) in [5, 5.41) is 10.8. The standard InChI is InChI=1S/C8H14N2S2/c1-3-6(11)5-8-10-9-7(4-2)12-8/h6,11H,3-5H2,1-2H3. The average Bonchev–Trinajstić information content (AvgIpc) is 2.52. The van der Waals surface area contributed by atoms with E-state index in [1.807, 2.05) is 0 Å². The Morgan fingerprint density at radius 2 is 2.00 bits per heavy atom. The Balaban J connectivity index is 2.52. The molecule has 1 unspecified atom stereocenters. The van der Waals surface area contributed by atoms with E-state index in [0.717, 1.165) is 29.3 Å². The van der Waals surface area contributed by atoms with Crippen LogP contribution >= 0.6 is 24.0 Å². The van der Waals surface area contributed by atoms with Crippen LogP contribution in [0.3, 0.4) is 0 Å². The monoisotopic (exact) mass is 202 g/mol. The normalized spacial score (nSPS) is 13.2. The minimum absolute atomic E-state index is 0.433. The lowest BCUT2D eigenvalue weighted by molar-refractivity contribution is 0.801. The van der Waals surface area contributed by atoms with Crippen LogP contribution in [0.15, 0.2) is 0 Å². The van der Waals surface area contributed by atoms with Gasteiger partial charge in [-0.15, -0.1) is 21.5 Å². The highest BCUT2D eigenvalue weighted by molar-refractivity contribution is 7.80. The summed E-state index contributed by atoms with van der Waals surface area (Å²) in [6.45, 7) is 4.24. The summed E-state index contributed by atoms with van der Waals surface area (Å²) in [6.07, 6.45) is 3.03. The molecule has 2 nitrogen and oxygen atoms in total.